The first kappa shape index (κ1) is 25.0. The van der Waals surface area contributed by atoms with Crippen molar-refractivity contribution >= 4 is 17.6 Å². The molecular formula is C27H31N7O2S. The molecule has 1 aliphatic rings. The Balaban J connectivity index is 1.54. The van der Waals surface area contributed by atoms with Gasteiger partial charge in [0.05, 0.1) is 17.4 Å². The highest BCUT2D eigenvalue weighted by molar-refractivity contribution is 7.98. The number of aromatic hydroxyl groups is 2. The predicted molar refractivity (Wildman–Crippen MR) is 146 cm³/mol. The van der Waals surface area contributed by atoms with Gasteiger partial charge in [0.1, 0.15) is 17.3 Å². The first-order valence-electron chi connectivity index (χ1n) is 12.3. The summed E-state index contributed by atoms with van der Waals surface area (Å²) in [5, 5.41) is 30.8. The van der Waals surface area contributed by atoms with E-state index >= 15 is 0 Å². The summed E-state index contributed by atoms with van der Waals surface area (Å²) in [5.74, 6) is 2.16. The molecule has 3 aromatic heterocycles. The van der Waals surface area contributed by atoms with Crippen molar-refractivity contribution in [3.05, 3.63) is 66.1 Å². The van der Waals surface area contributed by atoms with E-state index in [0.29, 0.717) is 22.3 Å². The Morgan fingerprint density at radius 1 is 0.973 bits per heavy atom. The number of rotatable bonds is 7. The summed E-state index contributed by atoms with van der Waals surface area (Å²) in [6.07, 6.45) is 5.42. The molecule has 37 heavy (non-hydrogen) atoms. The molecule has 0 unspecified atom stereocenters. The van der Waals surface area contributed by atoms with Crippen molar-refractivity contribution < 1.29 is 10.2 Å². The normalized spacial score (nSPS) is 14.4. The van der Waals surface area contributed by atoms with Crippen molar-refractivity contribution in [2.75, 3.05) is 38.1 Å². The summed E-state index contributed by atoms with van der Waals surface area (Å²) in [5.41, 5.74) is 3.10. The molecule has 4 heterocycles. The van der Waals surface area contributed by atoms with Crippen molar-refractivity contribution in [1.82, 2.24) is 29.6 Å². The fraction of sp³-hybridized carbons (Fsp3) is 0.333. The first-order chi connectivity index (χ1) is 17.9. The van der Waals surface area contributed by atoms with Crippen molar-refractivity contribution in [2.24, 2.45) is 0 Å². The molecule has 1 aliphatic heterocycles. The summed E-state index contributed by atoms with van der Waals surface area (Å²) >= 11 is 1.54. The van der Waals surface area contributed by atoms with Crippen LogP contribution in [0.1, 0.15) is 30.9 Å². The fourth-order valence-corrected chi connectivity index (χ4v) is 5.26. The number of anilines is 1. The third-order valence-electron chi connectivity index (χ3n) is 6.55. The van der Waals surface area contributed by atoms with E-state index < -0.39 is 0 Å². The average Bonchev–Trinajstić information content (AvgIpc) is 3.32. The van der Waals surface area contributed by atoms with Gasteiger partial charge in [-0.15, -0.1) is 10.2 Å². The number of phenols is 2. The number of hydrogen-bond acceptors (Lipinski definition) is 9. The molecule has 0 saturated carbocycles. The van der Waals surface area contributed by atoms with E-state index in [4.69, 9.17) is 4.98 Å². The van der Waals surface area contributed by atoms with E-state index in [1.165, 1.54) is 17.8 Å². The van der Waals surface area contributed by atoms with E-state index in [2.05, 4.69) is 32.0 Å². The zero-order valence-corrected chi connectivity index (χ0v) is 22.1. The second-order valence-corrected chi connectivity index (χ2v) is 10.5. The van der Waals surface area contributed by atoms with Crippen LogP contribution in [0.15, 0.2) is 60.1 Å². The molecule has 9 nitrogen and oxygen atoms in total. The SMILES string of the molecule is CC(C)c1cc(-c2nnc(SCc3cccnc3)n2-c2ccc(N3CCN(C)CC3)nc2)c(O)cc1O. The number of likely N-dealkylation sites (N-methyl/N-ethyl adjacent to an activating group) is 1. The lowest BCUT2D eigenvalue weighted by Gasteiger charge is -2.33. The smallest absolute Gasteiger partial charge is 0.196 e. The topological polar surface area (TPSA) is 103 Å². The summed E-state index contributed by atoms with van der Waals surface area (Å²) in [6.45, 7) is 7.88. The van der Waals surface area contributed by atoms with E-state index in [1.54, 1.807) is 12.3 Å². The first-order valence-corrected chi connectivity index (χ1v) is 13.3. The Morgan fingerprint density at radius 2 is 1.78 bits per heavy atom. The van der Waals surface area contributed by atoms with Gasteiger partial charge in [0.15, 0.2) is 11.0 Å². The highest BCUT2D eigenvalue weighted by atomic mass is 32.2. The minimum absolute atomic E-state index is 0.0543. The lowest BCUT2D eigenvalue weighted by molar-refractivity contribution is 0.312. The number of pyridine rings is 2. The molecule has 2 N–H and O–H groups in total. The molecule has 5 rings (SSSR count). The largest absolute Gasteiger partial charge is 0.508 e. The van der Waals surface area contributed by atoms with Gasteiger partial charge in [-0.25, -0.2) is 4.98 Å². The third-order valence-corrected chi connectivity index (χ3v) is 7.55. The summed E-state index contributed by atoms with van der Waals surface area (Å²) in [7, 11) is 2.13. The average molecular weight is 518 g/mol. The molecule has 0 spiro atoms. The molecule has 1 aromatic carbocycles. The monoisotopic (exact) mass is 517 g/mol. The number of nitrogens with zero attached hydrogens (tertiary/aromatic N) is 7. The maximum atomic E-state index is 10.8. The number of piperazine rings is 1. The molecule has 0 radical (unpaired) electrons. The number of aromatic nitrogens is 5. The molecule has 1 saturated heterocycles. The van der Waals surface area contributed by atoms with Crippen LogP contribution in [-0.4, -0.2) is 73.1 Å². The molecule has 0 atom stereocenters. The van der Waals surface area contributed by atoms with Crippen LogP contribution in [-0.2, 0) is 5.75 Å². The number of hydrogen-bond donors (Lipinski definition) is 2. The fourth-order valence-electron chi connectivity index (χ4n) is 4.37. The maximum Gasteiger partial charge on any atom is 0.196 e. The van der Waals surface area contributed by atoms with Crippen LogP contribution in [0.4, 0.5) is 5.82 Å². The van der Waals surface area contributed by atoms with E-state index in [-0.39, 0.29) is 17.4 Å². The molecule has 192 valence electrons. The standard InChI is InChI=1S/C27H31N7O2S/c1-18(2)21-13-22(24(36)14-23(21)35)26-30-31-27(37-17-19-5-4-8-28-15-19)34(26)20-6-7-25(29-16-20)33-11-9-32(3)10-12-33/h4-8,13-16,18,35-36H,9-12,17H2,1-3H3. The van der Waals surface area contributed by atoms with Crippen molar-refractivity contribution in [2.45, 2.75) is 30.7 Å². The van der Waals surface area contributed by atoms with Crippen LogP contribution in [0.3, 0.4) is 0 Å². The number of benzene rings is 1. The van der Waals surface area contributed by atoms with Crippen molar-refractivity contribution in [3.63, 3.8) is 0 Å². The third kappa shape index (κ3) is 5.40. The van der Waals surface area contributed by atoms with E-state index in [1.807, 2.05) is 55.1 Å². The Bertz CT molecular complexity index is 1350. The van der Waals surface area contributed by atoms with Gasteiger partial charge >= 0.3 is 0 Å². The van der Waals surface area contributed by atoms with Gasteiger partial charge < -0.3 is 20.0 Å². The molecule has 1 fully saturated rings. The minimum atomic E-state index is -0.0543. The summed E-state index contributed by atoms with van der Waals surface area (Å²) in [4.78, 5) is 13.6. The van der Waals surface area contributed by atoms with Gasteiger partial charge in [-0.2, -0.15) is 0 Å². The highest BCUT2D eigenvalue weighted by Gasteiger charge is 2.22. The summed E-state index contributed by atoms with van der Waals surface area (Å²) < 4.78 is 1.91. The van der Waals surface area contributed by atoms with E-state index in [0.717, 1.165) is 48.8 Å². The maximum absolute atomic E-state index is 10.8. The Morgan fingerprint density at radius 3 is 2.46 bits per heavy atom. The van der Waals surface area contributed by atoms with Gasteiger partial charge in [-0.05, 0) is 48.4 Å². The second kappa shape index (κ2) is 10.8. The molecule has 10 heteroatoms. The van der Waals surface area contributed by atoms with Crippen LogP contribution in [0, 0.1) is 0 Å². The van der Waals surface area contributed by atoms with Crippen LogP contribution < -0.4 is 4.90 Å². The van der Waals surface area contributed by atoms with Gasteiger partial charge in [0.25, 0.3) is 0 Å². The van der Waals surface area contributed by atoms with Gasteiger partial charge in [0.2, 0.25) is 0 Å². The zero-order valence-electron chi connectivity index (χ0n) is 21.2. The van der Waals surface area contributed by atoms with Crippen molar-refractivity contribution in [3.8, 4) is 28.6 Å². The summed E-state index contributed by atoms with van der Waals surface area (Å²) in [6, 6.07) is 11.1. The highest BCUT2D eigenvalue weighted by Crippen LogP contribution is 2.39. The van der Waals surface area contributed by atoms with Crippen LogP contribution in [0.5, 0.6) is 11.5 Å². The zero-order chi connectivity index (χ0) is 25.9. The Hall–Kier alpha value is -3.63. The lowest BCUT2D eigenvalue weighted by Crippen LogP contribution is -2.44. The number of thioether (sulfide) groups is 1. The van der Waals surface area contributed by atoms with E-state index in [9.17, 15) is 10.2 Å². The quantitative estimate of drug-likeness (QED) is 0.347. The lowest BCUT2D eigenvalue weighted by atomic mass is 9.98. The molecule has 0 bridgehead atoms. The van der Waals surface area contributed by atoms with Crippen molar-refractivity contribution in [1.29, 1.82) is 0 Å². The second-order valence-electron chi connectivity index (χ2n) is 9.54. The molecule has 0 aliphatic carbocycles. The van der Waals surface area contributed by atoms with Crippen LogP contribution in [0.25, 0.3) is 17.1 Å². The molecule has 4 aromatic rings. The Labute approximate surface area is 220 Å². The number of phenolic OH excluding ortho intramolecular Hbond substituents is 2. The van der Waals surface area contributed by atoms with Crippen LogP contribution in [0.2, 0.25) is 0 Å². The van der Waals surface area contributed by atoms with Gasteiger partial charge in [-0.3, -0.25) is 9.55 Å². The van der Waals surface area contributed by atoms with Gasteiger partial charge in [0, 0.05) is 50.4 Å². The minimum Gasteiger partial charge on any atom is -0.508 e. The molecule has 0 amide bonds. The van der Waals surface area contributed by atoms with Crippen LogP contribution >= 0.6 is 11.8 Å². The Kier molecular flexibility index (Phi) is 7.29. The van der Waals surface area contributed by atoms with Gasteiger partial charge in [-0.1, -0.05) is 31.7 Å². The predicted octanol–water partition coefficient (Wildman–Crippen LogP) is 4.30. The molecular weight excluding hydrogens is 486 g/mol.